The molecule has 1 fully saturated rings. The number of amides is 1. The van der Waals surface area contributed by atoms with E-state index in [1.807, 2.05) is 30.3 Å². The number of rotatable bonds is 9. The predicted molar refractivity (Wildman–Crippen MR) is 136 cm³/mol. The molecule has 0 radical (unpaired) electrons. The monoisotopic (exact) mass is 477 g/mol. The van der Waals surface area contributed by atoms with Gasteiger partial charge < -0.3 is 5.32 Å². The predicted octanol–water partition coefficient (Wildman–Crippen LogP) is 4.18. The van der Waals surface area contributed by atoms with Gasteiger partial charge in [0, 0.05) is 18.7 Å². The third-order valence-corrected chi connectivity index (χ3v) is 7.28. The summed E-state index contributed by atoms with van der Waals surface area (Å²) in [5.74, 6) is -0.148. The van der Waals surface area contributed by atoms with E-state index in [0.29, 0.717) is 17.8 Å². The quantitative estimate of drug-likeness (QED) is 0.502. The molecule has 1 saturated heterocycles. The molecular formula is C27H31N3O3S. The van der Waals surface area contributed by atoms with Crippen molar-refractivity contribution in [1.82, 2.24) is 10.2 Å². The Hall–Kier alpha value is -3.16. The van der Waals surface area contributed by atoms with Crippen molar-refractivity contribution in [1.29, 1.82) is 0 Å². The van der Waals surface area contributed by atoms with Gasteiger partial charge in [-0.05, 0) is 66.9 Å². The number of likely N-dealkylation sites (tertiary alicyclic amines) is 1. The number of nitrogens with zero attached hydrogens (tertiary/aromatic N) is 2. The molecule has 0 atom stereocenters. The summed E-state index contributed by atoms with van der Waals surface area (Å²) >= 11 is 0. The summed E-state index contributed by atoms with van der Waals surface area (Å²) in [6.07, 6.45) is 3.70. The van der Waals surface area contributed by atoms with Gasteiger partial charge in [0.05, 0.1) is 18.5 Å². The standard InChI is InChI=1S/C27H31N3O3S/c1-34(32,33)30(26-11-3-2-4-12-26)20-22-13-15-23(16-14-22)27(31)28-19-24-9-5-6-10-25(24)21-29-17-7-8-18-29/h2-6,9-16H,7-8,17-21H2,1H3,(H,28,31). The number of para-hydroxylation sites is 1. The third-order valence-electron chi connectivity index (χ3n) is 6.14. The molecule has 7 heteroatoms. The maximum Gasteiger partial charge on any atom is 0.251 e. The van der Waals surface area contributed by atoms with Crippen LogP contribution >= 0.6 is 0 Å². The minimum Gasteiger partial charge on any atom is -0.348 e. The molecule has 1 N–H and O–H groups in total. The maximum absolute atomic E-state index is 12.8. The largest absolute Gasteiger partial charge is 0.348 e. The molecule has 0 aliphatic carbocycles. The molecular weight excluding hydrogens is 446 g/mol. The molecule has 1 heterocycles. The first-order valence-corrected chi connectivity index (χ1v) is 13.4. The minimum absolute atomic E-state index is 0.148. The van der Waals surface area contributed by atoms with Crippen molar-refractivity contribution in [2.75, 3.05) is 23.7 Å². The van der Waals surface area contributed by atoms with Crippen molar-refractivity contribution in [3.05, 3.63) is 101 Å². The van der Waals surface area contributed by atoms with Gasteiger partial charge in [-0.1, -0.05) is 54.6 Å². The Labute approximate surface area is 202 Å². The zero-order chi connectivity index (χ0) is 24.0. The fourth-order valence-corrected chi connectivity index (χ4v) is 5.15. The van der Waals surface area contributed by atoms with Crippen molar-refractivity contribution < 1.29 is 13.2 Å². The van der Waals surface area contributed by atoms with Crippen LogP contribution in [0.2, 0.25) is 0 Å². The Morgan fingerprint density at radius 3 is 2.15 bits per heavy atom. The van der Waals surface area contributed by atoms with Crippen LogP contribution in [-0.2, 0) is 29.7 Å². The van der Waals surface area contributed by atoms with Gasteiger partial charge in [0.25, 0.3) is 5.91 Å². The van der Waals surface area contributed by atoms with E-state index in [4.69, 9.17) is 0 Å². The number of carbonyl (C=O) groups is 1. The molecule has 0 spiro atoms. The Balaban J connectivity index is 1.39. The van der Waals surface area contributed by atoms with E-state index in [2.05, 4.69) is 22.3 Å². The second-order valence-corrected chi connectivity index (χ2v) is 10.6. The highest BCUT2D eigenvalue weighted by molar-refractivity contribution is 7.92. The average Bonchev–Trinajstić information content (AvgIpc) is 3.35. The number of hydrogen-bond donors (Lipinski definition) is 1. The van der Waals surface area contributed by atoms with E-state index in [1.165, 1.54) is 29.0 Å². The number of anilines is 1. The lowest BCUT2D eigenvalue weighted by Crippen LogP contribution is -2.29. The highest BCUT2D eigenvalue weighted by atomic mass is 32.2. The van der Waals surface area contributed by atoms with Crippen molar-refractivity contribution in [3.63, 3.8) is 0 Å². The van der Waals surface area contributed by atoms with Crippen LogP contribution in [-0.4, -0.2) is 38.6 Å². The summed E-state index contributed by atoms with van der Waals surface area (Å²) in [5.41, 5.74) is 4.35. The van der Waals surface area contributed by atoms with Gasteiger partial charge in [-0.25, -0.2) is 8.42 Å². The van der Waals surface area contributed by atoms with Gasteiger partial charge in [-0.15, -0.1) is 0 Å². The second-order valence-electron chi connectivity index (χ2n) is 8.74. The van der Waals surface area contributed by atoms with E-state index >= 15 is 0 Å². The smallest absolute Gasteiger partial charge is 0.251 e. The van der Waals surface area contributed by atoms with Crippen LogP contribution in [0.4, 0.5) is 5.69 Å². The Morgan fingerprint density at radius 1 is 0.882 bits per heavy atom. The zero-order valence-electron chi connectivity index (χ0n) is 19.5. The molecule has 0 bridgehead atoms. The van der Waals surface area contributed by atoms with Crippen LogP contribution in [0.25, 0.3) is 0 Å². The lowest BCUT2D eigenvalue weighted by atomic mass is 10.1. The fourth-order valence-electron chi connectivity index (χ4n) is 4.27. The van der Waals surface area contributed by atoms with Gasteiger partial charge in [-0.3, -0.25) is 14.0 Å². The molecule has 6 nitrogen and oxygen atoms in total. The SMILES string of the molecule is CS(=O)(=O)N(Cc1ccc(C(=O)NCc2ccccc2CN2CCCC2)cc1)c1ccccc1. The summed E-state index contributed by atoms with van der Waals surface area (Å²) in [7, 11) is -3.44. The van der Waals surface area contributed by atoms with Gasteiger partial charge in [0.15, 0.2) is 0 Å². The molecule has 0 aromatic heterocycles. The van der Waals surface area contributed by atoms with Crippen LogP contribution in [0.3, 0.4) is 0 Å². The Kier molecular flexibility index (Phi) is 7.65. The lowest BCUT2D eigenvalue weighted by Gasteiger charge is -2.22. The molecule has 4 rings (SSSR count). The average molecular weight is 478 g/mol. The van der Waals surface area contributed by atoms with Crippen LogP contribution in [0.5, 0.6) is 0 Å². The van der Waals surface area contributed by atoms with Crippen molar-refractivity contribution in [2.24, 2.45) is 0 Å². The van der Waals surface area contributed by atoms with Crippen LogP contribution in [0, 0.1) is 0 Å². The normalized spacial score (nSPS) is 14.1. The van der Waals surface area contributed by atoms with Crippen LogP contribution in [0.1, 0.15) is 39.9 Å². The second kappa shape index (κ2) is 10.8. The first-order chi connectivity index (χ1) is 16.4. The van der Waals surface area contributed by atoms with Gasteiger partial charge in [-0.2, -0.15) is 0 Å². The minimum atomic E-state index is -3.44. The van der Waals surface area contributed by atoms with Crippen molar-refractivity contribution in [3.8, 4) is 0 Å². The number of hydrogen-bond acceptors (Lipinski definition) is 4. The topological polar surface area (TPSA) is 69.7 Å². The first kappa shape index (κ1) is 24.0. The summed E-state index contributed by atoms with van der Waals surface area (Å²) in [6, 6.07) is 24.3. The number of carbonyl (C=O) groups excluding carboxylic acids is 1. The van der Waals surface area contributed by atoms with Crippen molar-refractivity contribution >= 4 is 21.6 Å². The molecule has 0 unspecified atom stereocenters. The van der Waals surface area contributed by atoms with Crippen molar-refractivity contribution in [2.45, 2.75) is 32.5 Å². The Bertz CT molecular complexity index is 1210. The molecule has 1 aliphatic rings. The van der Waals surface area contributed by atoms with E-state index < -0.39 is 10.0 Å². The summed E-state index contributed by atoms with van der Waals surface area (Å²) in [4.78, 5) is 15.2. The molecule has 34 heavy (non-hydrogen) atoms. The van der Waals surface area contributed by atoms with Gasteiger partial charge in [0.1, 0.15) is 0 Å². The number of benzene rings is 3. The summed E-state index contributed by atoms with van der Waals surface area (Å²) < 4.78 is 26.0. The molecule has 1 amide bonds. The van der Waals surface area contributed by atoms with Crippen LogP contribution < -0.4 is 9.62 Å². The Morgan fingerprint density at radius 2 is 1.50 bits per heavy atom. The number of nitrogens with one attached hydrogen (secondary N) is 1. The van der Waals surface area contributed by atoms with E-state index in [9.17, 15) is 13.2 Å². The highest BCUT2D eigenvalue weighted by Crippen LogP contribution is 2.20. The molecule has 3 aromatic rings. The third kappa shape index (κ3) is 6.24. The molecule has 3 aromatic carbocycles. The van der Waals surface area contributed by atoms with Gasteiger partial charge in [0.2, 0.25) is 10.0 Å². The molecule has 178 valence electrons. The van der Waals surface area contributed by atoms with E-state index in [-0.39, 0.29) is 12.5 Å². The van der Waals surface area contributed by atoms with E-state index in [1.54, 1.807) is 36.4 Å². The fraction of sp³-hybridized carbons (Fsp3) is 0.296. The number of sulfonamides is 1. The van der Waals surface area contributed by atoms with Crippen LogP contribution in [0.15, 0.2) is 78.9 Å². The maximum atomic E-state index is 12.8. The molecule has 0 saturated carbocycles. The zero-order valence-corrected chi connectivity index (χ0v) is 20.3. The first-order valence-electron chi connectivity index (χ1n) is 11.6. The summed E-state index contributed by atoms with van der Waals surface area (Å²) in [6.45, 7) is 3.86. The van der Waals surface area contributed by atoms with Gasteiger partial charge >= 0.3 is 0 Å². The molecule has 1 aliphatic heterocycles. The highest BCUT2D eigenvalue weighted by Gasteiger charge is 2.18. The lowest BCUT2D eigenvalue weighted by molar-refractivity contribution is 0.0950. The van der Waals surface area contributed by atoms with E-state index in [0.717, 1.165) is 30.8 Å². The summed E-state index contributed by atoms with van der Waals surface area (Å²) in [5, 5.41) is 3.03.